The van der Waals surface area contributed by atoms with Crippen LogP contribution in [-0.4, -0.2) is 43.6 Å². The zero-order valence-electron chi connectivity index (χ0n) is 17.0. The summed E-state index contributed by atoms with van der Waals surface area (Å²) in [5, 5.41) is 0.177. The van der Waals surface area contributed by atoms with Crippen LogP contribution in [0.15, 0.2) is 36.4 Å². The van der Waals surface area contributed by atoms with E-state index in [9.17, 15) is 9.59 Å². The molecule has 1 aliphatic rings. The van der Waals surface area contributed by atoms with Gasteiger partial charge in [-0.15, -0.1) is 0 Å². The summed E-state index contributed by atoms with van der Waals surface area (Å²) in [6.07, 6.45) is 1.79. The lowest BCUT2D eigenvalue weighted by atomic mass is 10.0. The lowest BCUT2D eigenvalue weighted by Crippen LogP contribution is -2.30. The number of halogens is 1. The highest BCUT2D eigenvalue weighted by molar-refractivity contribution is 6.32. The standard InChI is InChI=1S/C22H25ClN2O5/c1-3-29-16-8-6-14(7-9-16)18-5-4-10-25(18)22(27)15-11-17(23)21(19(12-15)28-2)30-13-20(24)26/h6-9,11-12,18H,3-5,10,13H2,1-2H3,(H2,24,26)/t18-/m0/s1. The Bertz CT molecular complexity index is 916. The summed E-state index contributed by atoms with van der Waals surface area (Å²) in [7, 11) is 1.44. The molecular weight excluding hydrogens is 408 g/mol. The first-order valence-electron chi connectivity index (χ1n) is 9.77. The summed E-state index contributed by atoms with van der Waals surface area (Å²) < 4.78 is 16.1. The fourth-order valence-corrected chi connectivity index (χ4v) is 3.87. The fraction of sp³-hybridized carbons (Fsp3) is 0.364. The molecule has 0 spiro atoms. The molecule has 30 heavy (non-hydrogen) atoms. The van der Waals surface area contributed by atoms with Gasteiger partial charge in [-0.2, -0.15) is 0 Å². The van der Waals surface area contributed by atoms with Crippen molar-refractivity contribution < 1.29 is 23.8 Å². The van der Waals surface area contributed by atoms with Gasteiger partial charge in [-0.1, -0.05) is 23.7 Å². The number of nitrogens with zero attached hydrogens (tertiary/aromatic N) is 1. The molecule has 1 aliphatic heterocycles. The van der Waals surface area contributed by atoms with Gasteiger partial charge in [0, 0.05) is 12.1 Å². The summed E-state index contributed by atoms with van der Waals surface area (Å²) in [5.74, 6) is 0.472. The molecule has 2 aromatic rings. The number of methoxy groups -OCH3 is 1. The van der Waals surface area contributed by atoms with Crippen LogP contribution in [0.1, 0.15) is 41.7 Å². The molecule has 3 rings (SSSR count). The smallest absolute Gasteiger partial charge is 0.255 e. The van der Waals surface area contributed by atoms with E-state index in [4.69, 9.17) is 31.5 Å². The number of rotatable bonds is 8. The minimum atomic E-state index is -0.636. The average molecular weight is 433 g/mol. The van der Waals surface area contributed by atoms with Crippen molar-refractivity contribution in [2.75, 3.05) is 26.9 Å². The Morgan fingerprint density at radius 3 is 2.57 bits per heavy atom. The van der Waals surface area contributed by atoms with E-state index in [0.29, 0.717) is 18.7 Å². The molecule has 0 aromatic heterocycles. The van der Waals surface area contributed by atoms with Gasteiger partial charge < -0.3 is 24.8 Å². The minimum absolute atomic E-state index is 0.0243. The van der Waals surface area contributed by atoms with E-state index in [1.54, 1.807) is 6.07 Å². The molecule has 0 aliphatic carbocycles. The van der Waals surface area contributed by atoms with Crippen molar-refractivity contribution in [2.45, 2.75) is 25.8 Å². The highest BCUT2D eigenvalue weighted by Crippen LogP contribution is 2.39. The molecule has 1 atom stereocenters. The number of hydrogen-bond acceptors (Lipinski definition) is 5. The molecule has 0 unspecified atom stereocenters. The van der Waals surface area contributed by atoms with E-state index in [1.165, 1.54) is 13.2 Å². The maximum atomic E-state index is 13.3. The summed E-state index contributed by atoms with van der Waals surface area (Å²) in [4.78, 5) is 26.1. The third-order valence-corrected chi connectivity index (χ3v) is 5.21. The number of benzene rings is 2. The van der Waals surface area contributed by atoms with Crippen LogP contribution in [0.3, 0.4) is 0 Å². The monoisotopic (exact) mass is 432 g/mol. The van der Waals surface area contributed by atoms with Crippen molar-refractivity contribution in [3.8, 4) is 17.2 Å². The molecule has 0 radical (unpaired) electrons. The molecule has 1 fully saturated rings. The van der Waals surface area contributed by atoms with E-state index in [0.717, 1.165) is 24.2 Å². The number of nitrogens with two attached hydrogens (primary N) is 1. The first-order valence-corrected chi connectivity index (χ1v) is 10.1. The van der Waals surface area contributed by atoms with Gasteiger partial charge in [0.05, 0.1) is 24.8 Å². The third-order valence-electron chi connectivity index (χ3n) is 4.92. The lowest BCUT2D eigenvalue weighted by Gasteiger charge is -2.26. The summed E-state index contributed by atoms with van der Waals surface area (Å²) in [6, 6.07) is 10.9. The first kappa shape index (κ1) is 21.8. The average Bonchev–Trinajstić information content (AvgIpc) is 3.22. The fourth-order valence-electron chi connectivity index (χ4n) is 3.60. The molecule has 2 amide bonds. The molecule has 1 heterocycles. The van der Waals surface area contributed by atoms with Crippen LogP contribution in [-0.2, 0) is 4.79 Å². The van der Waals surface area contributed by atoms with Crippen LogP contribution < -0.4 is 19.9 Å². The van der Waals surface area contributed by atoms with Crippen molar-refractivity contribution in [3.63, 3.8) is 0 Å². The van der Waals surface area contributed by atoms with Gasteiger partial charge in [-0.25, -0.2) is 0 Å². The van der Waals surface area contributed by atoms with Crippen LogP contribution in [0, 0.1) is 0 Å². The topological polar surface area (TPSA) is 91.1 Å². The van der Waals surface area contributed by atoms with E-state index in [2.05, 4.69) is 0 Å². The minimum Gasteiger partial charge on any atom is -0.494 e. The highest BCUT2D eigenvalue weighted by Gasteiger charge is 2.31. The summed E-state index contributed by atoms with van der Waals surface area (Å²) >= 11 is 6.31. The normalized spacial score (nSPS) is 15.7. The molecule has 2 aromatic carbocycles. The van der Waals surface area contributed by atoms with E-state index >= 15 is 0 Å². The zero-order valence-corrected chi connectivity index (χ0v) is 17.8. The predicted octanol–water partition coefficient (Wildman–Crippen LogP) is 3.59. The van der Waals surface area contributed by atoms with Crippen molar-refractivity contribution in [3.05, 3.63) is 52.5 Å². The molecule has 160 valence electrons. The Labute approximate surface area is 180 Å². The Morgan fingerprint density at radius 2 is 1.93 bits per heavy atom. The van der Waals surface area contributed by atoms with Crippen LogP contribution in [0.25, 0.3) is 0 Å². The second-order valence-corrected chi connectivity index (χ2v) is 7.31. The first-order chi connectivity index (χ1) is 14.4. The van der Waals surface area contributed by atoms with Crippen molar-refractivity contribution in [1.82, 2.24) is 4.90 Å². The summed E-state index contributed by atoms with van der Waals surface area (Å²) in [5.41, 5.74) is 6.57. The Morgan fingerprint density at radius 1 is 1.20 bits per heavy atom. The van der Waals surface area contributed by atoms with Gasteiger partial charge in [0.1, 0.15) is 5.75 Å². The van der Waals surface area contributed by atoms with Crippen LogP contribution in [0.2, 0.25) is 5.02 Å². The second kappa shape index (κ2) is 9.71. The molecule has 0 bridgehead atoms. The van der Waals surface area contributed by atoms with Gasteiger partial charge in [0.25, 0.3) is 11.8 Å². The Balaban J connectivity index is 1.84. The molecule has 2 N–H and O–H groups in total. The van der Waals surface area contributed by atoms with Crippen molar-refractivity contribution in [2.24, 2.45) is 5.73 Å². The largest absolute Gasteiger partial charge is 0.494 e. The molecule has 1 saturated heterocycles. The highest BCUT2D eigenvalue weighted by atomic mass is 35.5. The van der Waals surface area contributed by atoms with Gasteiger partial charge in [0.2, 0.25) is 0 Å². The summed E-state index contributed by atoms with van der Waals surface area (Å²) in [6.45, 7) is 2.86. The third kappa shape index (κ3) is 4.79. The van der Waals surface area contributed by atoms with Crippen molar-refractivity contribution >= 4 is 23.4 Å². The predicted molar refractivity (Wildman–Crippen MR) is 113 cm³/mol. The number of likely N-dealkylation sites (tertiary alicyclic amines) is 1. The molecule has 0 saturated carbocycles. The van der Waals surface area contributed by atoms with Gasteiger partial charge >= 0.3 is 0 Å². The van der Waals surface area contributed by atoms with Gasteiger partial charge in [-0.3, -0.25) is 9.59 Å². The van der Waals surface area contributed by atoms with Gasteiger partial charge in [0.15, 0.2) is 18.1 Å². The van der Waals surface area contributed by atoms with Crippen LogP contribution in [0.4, 0.5) is 0 Å². The Hall–Kier alpha value is -2.93. The number of hydrogen-bond donors (Lipinski definition) is 1. The van der Waals surface area contributed by atoms with E-state index < -0.39 is 5.91 Å². The SMILES string of the molecule is CCOc1ccc([C@@H]2CCCN2C(=O)c2cc(Cl)c(OCC(N)=O)c(OC)c2)cc1. The lowest BCUT2D eigenvalue weighted by molar-refractivity contribution is -0.119. The quantitative estimate of drug-likeness (QED) is 0.688. The second-order valence-electron chi connectivity index (χ2n) is 6.90. The number of primary amides is 1. The van der Waals surface area contributed by atoms with E-state index in [-0.39, 0.29) is 35.1 Å². The van der Waals surface area contributed by atoms with E-state index in [1.807, 2.05) is 36.1 Å². The molecular formula is C22H25ClN2O5. The maximum absolute atomic E-state index is 13.3. The molecule has 8 heteroatoms. The number of carbonyl (C=O) groups is 2. The van der Waals surface area contributed by atoms with Crippen LogP contribution >= 0.6 is 11.6 Å². The number of ether oxygens (including phenoxy) is 3. The number of amides is 2. The van der Waals surface area contributed by atoms with Crippen LogP contribution in [0.5, 0.6) is 17.2 Å². The molecule has 7 nitrogen and oxygen atoms in total. The Kier molecular flexibility index (Phi) is 7.05. The zero-order chi connectivity index (χ0) is 21.7. The van der Waals surface area contributed by atoms with Gasteiger partial charge in [-0.05, 0) is 49.6 Å². The van der Waals surface area contributed by atoms with Crippen molar-refractivity contribution in [1.29, 1.82) is 0 Å². The maximum Gasteiger partial charge on any atom is 0.255 e. The number of carbonyl (C=O) groups excluding carboxylic acids is 2.